The average molecular weight is 395 g/mol. The second-order valence-electron chi connectivity index (χ2n) is 7.70. The fourth-order valence-electron chi connectivity index (χ4n) is 3.91. The molecule has 1 aliphatic carbocycles. The Bertz CT molecular complexity index is 808. The van der Waals surface area contributed by atoms with Gasteiger partial charge < -0.3 is 9.84 Å². The number of ether oxygens (including phenoxy) is 1. The van der Waals surface area contributed by atoms with Crippen LogP contribution in [0.15, 0.2) is 48.5 Å². The minimum atomic E-state index is -1.02. The molecule has 2 aromatic rings. The Balaban J connectivity index is 1.57. The Kier molecular flexibility index (Phi) is 7.42. The highest BCUT2D eigenvalue weighted by Crippen LogP contribution is 2.32. The zero-order valence-electron chi connectivity index (χ0n) is 16.9. The number of hydrogen-bond acceptors (Lipinski definition) is 4. The van der Waals surface area contributed by atoms with Crippen molar-refractivity contribution < 1.29 is 19.4 Å². The van der Waals surface area contributed by atoms with E-state index in [1.165, 1.54) is 37.7 Å². The number of carboxylic acid groups (broad SMARTS) is 1. The van der Waals surface area contributed by atoms with E-state index < -0.39 is 12.0 Å². The minimum Gasteiger partial charge on any atom is -0.497 e. The van der Waals surface area contributed by atoms with Crippen LogP contribution in [0.5, 0.6) is 5.75 Å². The largest absolute Gasteiger partial charge is 0.497 e. The van der Waals surface area contributed by atoms with Gasteiger partial charge in [-0.3, -0.25) is 14.9 Å². The number of Topliss-reactive ketones (excluding diaryl/α,β-unsaturated/α-hetero) is 1. The van der Waals surface area contributed by atoms with E-state index in [9.17, 15) is 14.7 Å². The van der Waals surface area contributed by atoms with Crippen molar-refractivity contribution in [3.63, 3.8) is 0 Å². The van der Waals surface area contributed by atoms with E-state index >= 15 is 0 Å². The molecule has 2 N–H and O–H groups in total. The summed E-state index contributed by atoms with van der Waals surface area (Å²) in [6, 6.07) is 14.2. The van der Waals surface area contributed by atoms with Crippen LogP contribution in [0.25, 0.3) is 0 Å². The number of benzene rings is 2. The summed E-state index contributed by atoms with van der Waals surface area (Å²) in [5.41, 5.74) is 2.79. The van der Waals surface area contributed by atoms with E-state index in [1.54, 1.807) is 7.11 Å². The molecule has 0 spiro atoms. The molecule has 0 aromatic heterocycles. The van der Waals surface area contributed by atoms with Gasteiger partial charge in [0.15, 0.2) is 5.78 Å². The molecule has 5 nitrogen and oxygen atoms in total. The zero-order chi connectivity index (χ0) is 20.6. The molecule has 2 aromatic carbocycles. The van der Waals surface area contributed by atoms with Crippen molar-refractivity contribution in [2.45, 2.75) is 57.0 Å². The monoisotopic (exact) mass is 395 g/mol. The maximum atomic E-state index is 12.6. The predicted molar refractivity (Wildman–Crippen MR) is 112 cm³/mol. The summed E-state index contributed by atoms with van der Waals surface area (Å²) in [7, 11) is 1.60. The fourth-order valence-corrected chi connectivity index (χ4v) is 3.91. The quantitative estimate of drug-likeness (QED) is 0.609. The lowest BCUT2D eigenvalue weighted by molar-refractivity contribution is -0.139. The molecule has 1 aliphatic rings. The molecule has 0 aliphatic heterocycles. The molecule has 0 bridgehead atoms. The third kappa shape index (κ3) is 5.91. The van der Waals surface area contributed by atoms with Gasteiger partial charge in [0.05, 0.1) is 7.11 Å². The molecule has 1 atom stereocenters. The highest BCUT2D eigenvalue weighted by atomic mass is 16.5. The number of carbonyl (C=O) groups excluding carboxylic acids is 1. The highest BCUT2D eigenvalue weighted by molar-refractivity contribution is 5.98. The lowest BCUT2D eigenvalue weighted by Crippen LogP contribution is -2.38. The summed E-state index contributed by atoms with van der Waals surface area (Å²) in [6.45, 7) is 0.370. The SMILES string of the molecule is COc1ccc(CNC(CC(=O)c2ccc(C3CCCCC3)cc2)C(=O)O)cc1. The van der Waals surface area contributed by atoms with Crippen molar-refractivity contribution in [1.29, 1.82) is 0 Å². The lowest BCUT2D eigenvalue weighted by Gasteiger charge is -2.22. The Hall–Kier alpha value is -2.66. The van der Waals surface area contributed by atoms with Gasteiger partial charge in [0.1, 0.15) is 11.8 Å². The van der Waals surface area contributed by atoms with Gasteiger partial charge in [0, 0.05) is 18.5 Å². The van der Waals surface area contributed by atoms with Crippen LogP contribution in [0.1, 0.15) is 65.9 Å². The standard InChI is InChI=1S/C24H29NO4/c1-29-21-13-7-17(8-14-21)16-25-22(24(27)28)15-23(26)20-11-9-19(10-12-20)18-5-3-2-4-6-18/h7-14,18,22,25H,2-6,15-16H2,1H3,(H,27,28). The van der Waals surface area contributed by atoms with Crippen LogP contribution in [0.4, 0.5) is 0 Å². The van der Waals surface area contributed by atoms with Crippen molar-refractivity contribution in [2.75, 3.05) is 7.11 Å². The third-order valence-electron chi connectivity index (χ3n) is 5.71. The van der Waals surface area contributed by atoms with Crippen LogP contribution in [0.3, 0.4) is 0 Å². The summed E-state index contributed by atoms with van der Waals surface area (Å²) in [6.07, 6.45) is 6.20. The van der Waals surface area contributed by atoms with Gasteiger partial charge in [-0.05, 0) is 42.0 Å². The fraction of sp³-hybridized carbons (Fsp3) is 0.417. The van der Waals surface area contributed by atoms with E-state index in [4.69, 9.17) is 4.74 Å². The zero-order valence-corrected chi connectivity index (χ0v) is 16.9. The molecule has 0 radical (unpaired) electrons. The van der Waals surface area contributed by atoms with Crippen molar-refractivity contribution in [2.24, 2.45) is 0 Å². The maximum Gasteiger partial charge on any atom is 0.321 e. The van der Waals surface area contributed by atoms with E-state index in [1.807, 2.05) is 48.5 Å². The maximum absolute atomic E-state index is 12.6. The molecule has 29 heavy (non-hydrogen) atoms. The second-order valence-corrected chi connectivity index (χ2v) is 7.70. The second kappa shape index (κ2) is 10.2. The van der Waals surface area contributed by atoms with Gasteiger partial charge in [-0.1, -0.05) is 55.7 Å². The number of ketones is 1. The normalized spacial score (nSPS) is 15.6. The van der Waals surface area contributed by atoms with E-state index in [2.05, 4.69) is 5.32 Å². The van der Waals surface area contributed by atoms with Crippen LogP contribution in [-0.4, -0.2) is 30.0 Å². The number of aliphatic carboxylic acids is 1. The molecule has 0 heterocycles. The number of carbonyl (C=O) groups is 2. The average Bonchev–Trinajstić information content (AvgIpc) is 2.77. The number of rotatable bonds is 9. The van der Waals surface area contributed by atoms with Gasteiger partial charge in [0.2, 0.25) is 0 Å². The van der Waals surface area contributed by atoms with Crippen LogP contribution in [0, 0.1) is 0 Å². The molecule has 1 unspecified atom stereocenters. The van der Waals surface area contributed by atoms with Crippen molar-refractivity contribution in [3.8, 4) is 5.75 Å². The molecule has 0 amide bonds. The minimum absolute atomic E-state index is 0.0751. The van der Waals surface area contributed by atoms with Crippen molar-refractivity contribution >= 4 is 11.8 Å². The Labute approximate surface area is 172 Å². The summed E-state index contributed by atoms with van der Waals surface area (Å²) in [5, 5.41) is 12.5. The first-order valence-electron chi connectivity index (χ1n) is 10.3. The Morgan fingerprint density at radius 1 is 1.03 bits per heavy atom. The number of methoxy groups -OCH3 is 1. The van der Waals surface area contributed by atoms with Crippen LogP contribution >= 0.6 is 0 Å². The van der Waals surface area contributed by atoms with Crippen molar-refractivity contribution in [1.82, 2.24) is 5.32 Å². The molecule has 3 rings (SSSR count). The van der Waals surface area contributed by atoms with Crippen LogP contribution in [-0.2, 0) is 11.3 Å². The van der Waals surface area contributed by atoms with Gasteiger partial charge in [0.25, 0.3) is 0 Å². The molecule has 154 valence electrons. The van der Waals surface area contributed by atoms with E-state index in [0.717, 1.165) is 11.3 Å². The number of hydrogen-bond donors (Lipinski definition) is 2. The first-order valence-corrected chi connectivity index (χ1v) is 10.3. The van der Waals surface area contributed by atoms with Crippen molar-refractivity contribution in [3.05, 3.63) is 65.2 Å². The summed E-state index contributed by atoms with van der Waals surface area (Å²) < 4.78 is 5.12. The topological polar surface area (TPSA) is 75.6 Å². The molecule has 0 saturated heterocycles. The van der Waals surface area contributed by atoms with Gasteiger partial charge in [-0.2, -0.15) is 0 Å². The Morgan fingerprint density at radius 3 is 2.28 bits per heavy atom. The van der Waals surface area contributed by atoms with E-state index in [-0.39, 0.29) is 12.2 Å². The van der Waals surface area contributed by atoms with Gasteiger partial charge in [-0.25, -0.2) is 0 Å². The highest BCUT2D eigenvalue weighted by Gasteiger charge is 2.22. The summed E-state index contributed by atoms with van der Waals surface area (Å²) in [4.78, 5) is 24.2. The van der Waals surface area contributed by atoms with Crippen LogP contribution in [0.2, 0.25) is 0 Å². The molecule has 5 heteroatoms. The lowest BCUT2D eigenvalue weighted by atomic mass is 9.84. The first-order chi connectivity index (χ1) is 14.1. The molecule has 1 fully saturated rings. The third-order valence-corrected chi connectivity index (χ3v) is 5.71. The smallest absolute Gasteiger partial charge is 0.321 e. The van der Waals surface area contributed by atoms with E-state index in [0.29, 0.717) is 18.0 Å². The first kappa shape index (κ1) is 21.1. The molecule has 1 saturated carbocycles. The van der Waals surface area contributed by atoms with Gasteiger partial charge >= 0.3 is 5.97 Å². The number of carboxylic acids is 1. The number of nitrogens with one attached hydrogen (secondary N) is 1. The summed E-state index contributed by atoms with van der Waals surface area (Å²) >= 11 is 0. The van der Waals surface area contributed by atoms with Crippen LogP contribution < -0.4 is 10.1 Å². The summed E-state index contributed by atoms with van der Waals surface area (Å²) in [5.74, 6) is 0.154. The predicted octanol–water partition coefficient (Wildman–Crippen LogP) is 4.56. The molecular formula is C24H29NO4. The molecular weight excluding hydrogens is 366 g/mol. The van der Waals surface area contributed by atoms with Gasteiger partial charge in [-0.15, -0.1) is 0 Å². The Morgan fingerprint density at radius 2 is 1.69 bits per heavy atom.